The normalized spacial score (nSPS) is 27.4. The number of aliphatic carboxylic acids is 1. The minimum absolute atomic E-state index is 0.539. The molecule has 1 atom stereocenters. The maximum Gasteiger partial charge on any atom is 0.332 e. The molecule has 0 radical (unpaired) electrons. The van der Waals surface area contributed by atoms with Crippen LogP contribution in [-0.4, -0.2) is 23.8 Å². The molecule has 1 aliphatic rings. The molecular formula is C7H12O3. The molecule has 3 nitrogen and oxygen atoms in total. The SMILES string of the molecule is O=C(O)[C@H]1CCCCCO1. The Hall–Kier alpha value is -0.570. The van der Waals surface area contributed by atoms with Gasteiger partial charge in [0.05, 0.1) is 0 Å². The van der Waals surface area contributed by atoms with Crippen LogP contribution < -0.4 is 0 Å². The zero-order valence-electron chi connectivity index (χ0n) is 5.88. The van der Waals surface area contributed by atoms with Gasteiger partial charge in [-0.1, -0.05) is 12.8 Å². The largest absolute Gasteiger partial charge is 0.479 e. The molecule has 0 bridgehead atoms. The zero-order valence-corrected chi connectivity index (χ0v) is 5.88. The summed E-state index contributed by atoms with van der Waals surface area (Å²) in [4.78, 5) is 10.4. The summed E-state index contributed by atoms with van der Waals surface area (Å²) >= 11 is 0. The summed E-state index contributed by atoms with van der Waals surface area (Å²) in [5.74, 6) is -0.818. The first kappa shape index (κ1) is 7.54. The molecule has 0 amide bonds. The van der Waals surface area contributed by atoms with Gasteiger partial charge in [-0.25, -0.2) is 4.79 Å². The van der Waals surface area contributed by atoms with Gasteiger partial charge in [0, 0.05) is 6.61 Å². The first-order valence-electron chi connectivity index (χ1n) is 3.65. The molecule has 1 saturated heterocycles. The molecule has 0 aromatic carbocycles. The number of hydrogen-bond donors (Lipinski definition) is 1. The number of ether oxygens (including phenoxy) is 1. The highest BCUT2D eigenvalue weighted by molar-refractivity contribution is 5.72. The molecule has 1 fully saturated rings. The van der Waals surface area contributed by atoms with E-state index in [1.807, 2.05) is 0 Å². The molecule has 0 spiro atoms. The highest BCUT2D eigenvalue weighted by Crippen LogP contribution is 2.12. The number of carboxylic acid groups (broad SMARTS) is 1. The fourth-order valence-electron chi connectivity index (χ4n) is 1.11. The van der Waals surface area contributed by atoms with Crippen molar-refractivity contribution in [3.8, 4) is 0 Å². The molecule has 0 unspecified atom stereocenters. The lowest BCUT2D eigenvalue weighted by Crippen LogP contribution is -2.22. The van der Waals surface area contributed by atoms with Gasteiger partial charge in [-0.05, 0) is 12.8 Å². The van der Waals surface area contributed by atoms with Crippen LogP contribution in [0.25, 0.3) is 0 Å². The van der Waals surface area contributed by atoms with E-state index in [1.54, 1.807) is 0 Å². The Morgan fingerprint density at radius 2 is 2.20 bits per heavy atom. The third-order valence-corrected chi connectivity index (χ3v) is 1.71. The van der Waals surface area contributed by atoms with Crippen LogP contribution in [0.1, 0.15) is 25.7 Å². The van der Waals surface area contributed by atoms with Gasteiger partial charge in [-0.15, -0.1) is 0 Å². The van der Waals surface area contributed by atoms with E-state index in [4.69, 9.17) is 9.84 Å². The second-order valence-corrected chi connectivity index (χ2v) is 2.55. The quantitative estimate of drug-likeness (QED) is 0.597. The zero-order chi connectivity index (χ0) is 7.40. The van der Waals surface area contributed by atoms with E-state index in [0.29, 0.717) is 13.0 Å². The van der Waals surface area contributed by atoms with Crippen LogP contribution in [0.3, 0.4) is 0 Å². The Balaban J connectivity index is 2.35. The maximum absolute atomic E-state index is 10.4. The molecule has 58 valence electrons. The third-order valence-electron chi connectivity index (χ3n) is 1.71. The van der Waals surface area contributed by atoms with Gasteiger partial charge >= 0.3 is 5.97 Å². The van der Waals surface area contributed by atoms with E-state index in [-0.39, 0.29) is 0 Å². The predicted octanol–water partition coefficient (Wildman–Crippen LogP) is 1.03. The molecule has 1 aliphatic heterocycles. The number of carbonyl (C=O) groups is 1. The van der Waals surface area contributed by atoms with E-state index in [0.717, 1.165) is 19.3 Å². The fourth-order valence-corrected chi connectivity index (χ4v) is 1.11. The van der Waals surface area contributed by atoms with Gasteiger partial charge in [0.25, 0.3) is 0 Å². The monoisotopic (exact) mass is 144 g/mol. The van der Waals surface area contributed by atoms with Crippen LogP contribution in [0.2, 0.25) is 0 Å². The molecular weight excluding hydrogens is 132 g/mol. The minimum atomic E-state index is -0.818. The van der Waals surface area contributed by atoms with E-state index in [2.05, 4.69) is 0 Å². The first-order valence-corrected chi connectivity index (χ1v) is 3.65. The third kappa shape index (κ3) is 1.99. The van der Waals surface area contributed by atoms with E-state index >= 15 is 0 Å². The van der Waals surface area contributed by atoms with Crippen LogP contribution in [0.5, 0.6) is 0 Å². The lowest BCUT2D eigenvalue weighted by Gasteiger charge is -2.07. The topological polar surface area (TPSA) is 46.5 Å². The van der Waals surface area contributed by atoms with Gasteiger partial charge in [0.1, 0.15) is 0 Å². The fraction of sp³-hybridized carbons (Fsp3) is 0.857. The standard InChI is InChI=1S/C7H12O3/c8-7(9)6-4-2-1-3-5-10-6/h6H,1-5H2,(H,8,9)/t6-/m1/s1. The van der Waals surface area contributed by atoms with Crippen molar-refractivity contribution < 1.29 is 14.6 Å². The highest BCUT2D eigenvalue weighted by Gasteiger charge is 2.18. The summed E-state index contributed by atoms with van der Waals surface area (Å²) < 4.78 is 5.06. The van der Waals surface area contributed by atoms with Crippen molar-refractivity contribution in [2.45, 2.75) is 31.8 Å². The summed E-state index contributed by atoms with van der Waals surface area (Å²) in [7, 11) is 0. The lowest BCUT2D eigenvalue weighted by atomic mass is 10.1. The van der Waals surface area contributed by atoms with Gasteiger partial charge in [0.15, 0.2) is 6.10 Å². The Morgan fingerprint density at radius 1 is 1.40 bits per heavy atom. The van der Waals surface area contributed by atoms with Gasteiger partial charge in [-0.2, -0.15) is 0 Å². The molecule has 1 heterocycles. The van der Waals surface area contributed by atoms with Crippen molar-refractivity contribution >= 4 is 5.97 Å². The maximum atomic E-state index is 10.4. The highest BCUT2D eigenvalue weighted by atomic mass is 16.5. The summed E-state index contributed by atoms with van der Waals surface area (Å²) in [6.45, 7) is 0.608. The molecule has 0 saturated carbocycles. The predicted molar refractivity (Wildman–Crippen MR) is 35.8 cm³/mol. The number of hydrogen-bond acceptors (Lipinski definition) is 2. The molecule has 0 aromatic rings. The van der Waals surface area contributed by atoms with Crippen LogP contribution >= 0.6 is 0 Å². The summed E-state index contributed by atoms with van der Waals surface area (Å²) in [6.07, 6.45) is 3.22. The number of rotatable bonds is 1. The Labute approximate surface area is 60.0 Å². The van der Waals surface area contributed by atoms with Crippen molar-refractivity contribution in [2.75, 3.05) is 6.61 Å². The minimum Gasteiger partial charge on any atom is -0.479 e. The Kier molecular flexibility index (Phi) is 2.68. The first-order chi connectivity index (χ1) is 4.80. The molecule has 3 heteroatoms. The van der Waals surface area contributed by atoms with Crippen molar-refractivity contribution in [2.24, 2.45) is 0 Å². The van der Waals surface area contributed by atoms with E-state index in [1.165, 1.54) is 0 Å². The van der Waals surface area contributed by atoms with Crippen LogP contribution in [0.4, 0.5) is 0 Å². The smallest absolute Gasteiger partial charge is 0.332 e. The molecule has 1 N–H and O–H groups in total. The Bertz CT molecular complexity index is 114. The average molecular weight is 144 g/mol. The van der Waals surface area contributed by atoms with Crippen molar-refractivity contribution in [1.29, 1.82) is 0 Å². The molecule has 0 aliphatic carbocycles. The van der Waals surface area contributed by atoms with Gasteiger partial charge in [0.2, 0.25) is 0 Å². The van der Waals surface area contributed by atoms with Crippen molar-refractivity contribution in [3.63, 3.8) is 0 Å². The van der Waals surface area contributed by atoms with Crippen molar-refractivity contribution in [1.82, 2.24) is 0 Å². The van der Waals surface area contributed by atoms with E-state index < -0.39 is 12.1 Å². The summed E-state index contributed by atoms with van der Waals surface area (Å²) in [5, 5.41) is 8.54. The van der Waals surface area contributed by atoms with E-state index in [9.17, 15) is 4.79 Å². The molecule has 1 rings (SSSR count). The summed E-state index contributed by atoms with van der Waals surface area (Å²) in [6, 6.07) is 0. The lowest BCUT2D eigenvalue weighted by molar-refractivity contribution is -0.150. The molecule has 10 heavy (non-hydrogen) atoms. The van der Waals surface area contributed by atoms with Gasteiger partial charge < -0.3 is 9.84 Å². The van der Waals surface area contributed by atoms with Crippen molar-refractivity contribution in [3.05, 3.63) is 0 Å². The number of carboxylic acids is 1. The van der Waals surface area contributed by atoms with Crippen LogP contribution in [0, 0.1) is 0 Å². The summed E-state index contributed by atoms with van der Waals surface area (Å²) in [5.41, 5.74) is 0. The molecule has 0 aromatic heterocycles. The average Bonchev–Trinajstić information content (AvgIpc) is 2.12. The van der Waals surface area contributed by atoms with Crippen LogP contribution in [0.15, 0.2) is 0 Å². The van der Waals surface area contributed by atoms with Gasteiger partial charge in [-0.3, -0.25) is 0 Å². The Morgan fingerprint density at radius 3 is 2.90 bits per heavy atom. The second kappa shape index (κ2) is 3.56. The second-order valence-electron chi connectivity index (χ2n) is 2.55. The van der Waals surface area contributed by atoms with Crippen LogP contribution in [-0.2, 0) is 9.53 Å².